The van der Waals surface area contributed by atoms with Crippen LogP contribution in [0.4, 0.5) is 0 Å². The second-order valence-corrected chi connectivity index (χ2v) is 9.21. The molecule has 0 N–H and O–H groups in total. The molecule has 1 aliphatic heterocycles. The molecule has 2 heteroatoms. The van der Waals surface area contributed by atoms with Gasteiger partial charge in [0.1, 0.15) is 0 Å². The Hall–Kier alpha value is -1.64. The molecule has 0 radical (unpaired) electrons. The van der Waals surface area contributed by atoms with Gasteiger partial charge in [0.25, 0.3) is 0 Å². The van der Waals surface area contributed by atoms with Crippen molar-refractivity contribution in [3.8, 4) is 0 Å². The molecule has 2 aromatic carbocycles. The molecule has 26 heavy (non-hydrogen) atoms. The van der Waals surface area contributed by atoms with E-state index in [0.29, 0.717) is 13.2 Å². The summed E-state index contributed by atoms with van der Waals surface area (Å²) in [6.07, 6.45) is 2.43. The van der Waals surface area contributed by atoms with E-state index in [1.807, 2.05) is 0 Å². The van der Waals surface area contributed by atoms with Gasteiger partial charge in [-0.25, -0.2) is 0 Å². The summed E-state index contributed by atoms with van der Waals surface area (Å²) < 4.78 is 12.5. The van der Waals surface area contributed by atoms with Crippen LogP contribution in [-0.4, -0.2) is 13.2 Å². The van der Waals surface area contributed by atoms with Crippen molar-refractivity contribution < 1.29 is 9.47 Å². The first kappa shape index (κ1) is 17.8. The quantitative estimate of drug-likeness (QED) is 0.703. The van der Waals surface area contributed by atoms with Gasteiger partial charge in [0.05, 0.1) is 13.2 Å². The molecule has 2 nitrogen and oxygen atoms in total. The number of ether oxygens (including phenoxy) is 2. The van der Waals surface area contributed by atoms with E-state index >= 15 is 0 Å². The standard InChI is InChI=1S/C24H30O2/c1-17-6-8-18(9-7-17)24(25-14-15-26-24)19-10-11-20-21(16-19)23(4,5)13-12-22(20,2)3/h6-11,16H,12-15H2,1-5H3. The third-order valence-corrected chi connectivity index (χ3v) is 6.36. The van der Waals surface area contributed by atoms with Gasteiger partial charge in [-0.15, -0.1) is 0 Å². The van der Waals surface area contributed by atoms with E-state index in [1.165, 1.54) is 29.5 Å². The van der Waals surface area contributed by atoms with Crippen LogP contribution in [0.15, 0.2) is 42.5 Å². The molecule has 1 saturated heterocycles. The Balaban J connectivity index is 1.88. The summed E-state index contributed by atoms with van der Waals surface area (Å²) in [5.74, 6) is -0.777. The maximum atomic E-state index is 6.24. The summed E-state index contributed by atoms with van der Waals surface area (Å²) >= 11 is 0. The van der Waals surface area contributed by atoms with Gasteiger partial charge in [0.2, 0.25) is 5.79 Å². The van der Waals surface area contributed by atoms with Crippen molar-refractivity contribution in [1.29, 1.82) is 0 Å². The first-order valence-electron chi connectivity index (χ1n) is 9.75. The molecule has 0 unspecified atom stereocenters. The van der Waals surface area contributed by atoms with E-state index in [0.717, 1.165) is 11.1 Å². The van der Waals surface area contributed by atoms with E-state index < -0.39 is 5.79 Å². The first-order chi connectivity index (χ1) is 12.2. The highest BCUT2D eigenvalue weighted by Gasteiger charge is 2.43. The molecule has 4 rings (SSSR count). The van der Waals surface area contributed by atoms with Gasteiger partial charge >= 0.3 is 0 Å². The average Bonchev–Trinajstić information content (AvgIpc) is 3.10. The van der Waals surface area contributed by atoms with Crippen molar-refractivity contribution in [3.05, 3.63) is 70.3 Å². The summed E-state index contributed by atoms with van der Waals surface area (Å²) in [7, 11) is 0. The normalized spacial score (nSPS) is 22.8. The Morgan fingerprint density at radius 2 is 1.23 bits per heavy atom. The van der Waals surface area contributed by atoms with Crippen LogP contribution in [-0.2, 0) is 26.1 Å². The van der Waals surface area contributed by atoms with Crippen LogP contribution in [0.2, 0.25) is 0 Å². The van der Waals surface area contributed by atoms with Crippen molar-refractivity contribution in [3.63, 3.8) is 0 Å². The van der Waals surface area contributed by atoms with Gasteiger partial charge in [-0.3, -0.25) is 0 Å². The summed E-state index contributed by atoms with van der Waals surface area (Å²) in [5.41, 5.74) is 6.74. The average molecular weight is 351 g/mol. The lowest BCUT2D eigenvalue weighted by molar-refractivity contribution is -0.130. The van der Waals surface area contributed by atoms with Crippen molar-refractivity contribution >= 4 is 0 Å². The van der Waals surface area contributed by atoms with E-state index in [-0.39, 0.29) is 10.8 Å². The number of hydrogen-bond acceptors (Lipinski definition) is 2. The Kier molecular flexibility index (Phi) is 4.05. The SMILES string of the molecule is Cc1ccc(C2(c3ccc4c(c3)C(C)(C)CCC4(C)C)OCCO2)cc1. The fourth-order valence-electron chi connectivity index (χ4n) is 4.48. The zero-order valence-electron chi connectivity index (χ0n) is 16.7. The minimum absolute atomic E-state index is 0.175. The highest BCUT2D eigenvalue weighted by atomic mass is 16.7. The van der Waals surface area contributed by atoms with Crippen LogP contribution in [0, 0.1) is 6.92 Å². The Labute approximate surface area is 157 Å². The summed E-state index contributed by atoms with van der Waals surface area (Å²) in [5, 5.41) is 0. The molecule has 0 atom stereocenters. The van der Waals surface area contributed by atoms with E-state index in [9.17, 15) is 0 Å². The lowest BCUT2D eigenvalue weighted by Gasteiger charge is -2.42. The smallest absolute Gasteiger partial charge is 0.222 e. The molecule has 0 amide bonds. The number of benzene rings is 2. The molecule has 0 saturated carbocycles. The predicted octanol–water partition coefficient (Wildman–Crippen LogP) is 5.59. The van der Waals surface area contributed by atoms with Gasteiger partial charge in [-0.2, -0.15) is 0 Å². The molecule has 0 spiro atoms. The van der Waals surface area contributed by atoms with Crippen molar-refractivity contribution in [1.82, 2.24) is 0 Å². The molecule has 1 heterocycles. The Bertz CT molecular complexity index is 809. The molecule has 2 aromatic rings. The third-order valence-electron chi connectivity index (χ3n) is 6.36. The van der Waals surface area contributed by atoms with Crippen molar-refractivity contribution in [2.75, 3.05) is 13.2 Å². The molecular weight excluding hydrogens is 320 g/mol. The van der Waals surface area contributed by atoms with E-state index in [1.54, 1.807) is 0 Å². The van der Waals surface area contributed by atoms with Gasteiger partial charge in [-0.05, 0) is 47.8 Å². The van der Waals surface area contributed by atoms with Gasteiger partial charge in [0, 0.05) is 11.1 Å². The predicted molar refractivity (Wildman–Crippen MR) is 106 cm³/mol. The minimum atomic E-state index is -0.777. The number of hydrogen-bond donors (Lipinski definition) is 0. The largest absolute Gasteiger partial charge is 0.340 e. The topological polar surface area (TPSA) is 18.5 Å². The molecule has 0 aromatic heterocycles. The fraction of sp³-hybridized carbons (Fsp3) is 0.500. The summed E-state index contributed by atoms with van der Waals surface area (Å²) in [6.45, 7) is 12.8. The van der Waals surface area contributed by atoms with Crippen molar-refractivity contribution in [2.45, 2.75) is 64.1 Å². The van der Waals surface area contributed by atoms with E-state index in [2.05, 4.69) is 77.1 Å². The molecule has 1 fully saturated rings. The van der Waals surface area contributed by atoms with Crippen LogP contribution in [0.5, 0.6) is 0 Å². The second-order valence-electron chi connectivity index (χ2n) is 9.21. The van der Waals surface area contributed by atoms with Gasteiger partial charge < -0.3 is 9.47 Å². The summed E-state index contributed by atoms with van der Waals surface area (Å²) in [6, 6.07) is 15.4. The van der Waals surface area contributed by atoms with Crippen LogP contribution in [0.1, 0.15) is 68.4 Å². The maximum Gasteiger partial charge on any atom is 0.222 e. The lowest BCUT2D eigenvalue weighted by atomic mass is 9.62. The highest BCUT2D eigenvalue weighted by Crippen LogP contribution is 2.48. The molecule has 1 aliphatic carbocycles. The van der Waals surface area contributed by atoms with Crippen LogP contribution in [0.3, 0.4) is 0 Å². The van der Waals surface area contributed by atoms with Crippen LogP contribution >= 0.6 is 0 Å². The zero-order chi connectivity index (χ0) is 18.6. The Morgan fingerprint density at radius 1 is 0.692 bits per heavy atom. The number of aryl methyl sites for hydroxylation is 1. The first-order valence-corrected chi connectivity index (χ1v) is 9.75. The van der Waals surface area contributed by atoms with Crippen LogP contribution in [0.25, 0.3) is 0 Å². The van der Waals surface area contributed by atoms with E-state index in [4.69, 9.17) is 9.47 Å². The van der Waals surface area contributed by atoms with Crippen molar-refractivity contribution in [2.24, 2.45) is 0 Å². The minimum Gasteiger partial charge on any atom is -0.340 e. The zero-order valence-corrected chi connectivity index (χ0v) is 16.7. The third kappa shape index (κ3) is 2.71. The Morgan fingerprint density at radius 3 is 1.85 bits per heavy atom. The van der Waals surface area contributed by atoms with Crippen LogP contribution < -0.4 is 0 Å². The highest BCUT2D eigenvalue weighted by molar-refractivity contribution is 5.47. The number of rotatable bonds is 2. The molecule has 138 valence electrons. The summed E-state index contributed by atoms with van der Waals surface area (Å²) in [4.78, 5) is 0. The molecular formula is C24H30O2. The fourth-order valence-corrected chi connectivity index (χ4v) is 4.48. The number of fused-ring (bicyclic) bond motifs is 1. The monoisotopic (exact) mass is 350 g/mol. The lowest BCUT2D eigenvalue weighted by Crippen LogP contribution is -2.35. The molecule has 0 bridgehead atoms. The molecule has 2 aliphatic rings. The second kappa shape index (κ2) is 5.94. The maximum absolute atomic E-state index is 6.24. The van der Waals surface area contributed by atoms with Gasteiger partial charge in [-0.1, -0.05) is 69.7 Å². The van der Waals surface area contributed by atoms with Gasteiger partial charge in [0.15, 0.2) is 0 Å².